The van der Waals surface area contributed by atoms with Gasteiger partial charge in [-0.05, 0) is 12.1 Å². The van der Waals surface area contributed by atoms with Crippen molar-refractivity contribution in [3.8, 4) is 11.3 Å². The van der Waals surface area contributed by atoms with E-state index in [4.69, 9.17) is 0 Å². The highest BCUT2D eigenvalue weighted by Gasteiger charge is 2.15. The molecule has 8 heteroatoms. The van der Waals surface area contributed by atoms with Crippen LogP contribution in [0.1, 0.15) is 0 Å². The number of nitrogens with one attached hydrogen (secondary N) is 1. The van der Waals surface area contributed by atoms with Crippen LogP contribution in [0.25, 0.3) is 11.3 Å². The number of hydrogen-bond acceptors (Lipinski definition) is 5. The molecule has 4 rings (SSSR count). The van der Waals surface area contributed by atoms with Crippen LogP contribution >= 0.6 is 11.8 Å². The fraction of sp³-hybridized carbons (Fsp3) is 0.176. The molecule has 1 aromatic carbocycles. The van der Waals surface area contributed by atoms with E-state index in [0.717, 1.165) is 28.7 Å². The number of rotatable bonds is 4. The summed E-state index contributed by atoms with van der Waals surface area (Å²) >= 11 is 1.74. The summed E-state index contributed by atoms with van der Waals surface area (Å²) in [5, 5.41) is 3.84. The normalized spacial score (nSPS) is 12.8. The summed E-state index contributed by atoms with van der Waals surface area (Å²) in [4.78, 5) is 32.3. The Morgan fingerprint density at radius 1 is 1.32 bits per heavy atom. The van der Waals surface area contributed by atoms with Crippen LogP contribution < -0.4 is 10.9 Å². The molecule has 1 amide bonds. The molecule has 2 aromatic heterocycles. The van der Waals surface area contributed by atoms with Crippen molar-refractivity contribution in [3.63, 3.8) is 0 Å². The molecule has 0 saturated heterocycles. The van der Waals surface area contributed by atoms with Crippen LogP contribution in [0, 0.1) is 0 Å². The van der Waals surface area contributed by atoms with Crippen LogP contribution in [0.4, 0.5) is 5.69 Å². The first-order valence-electron chi connectivity index (χ1n) is 7.80. The molecule has 1 aliphatic rings. The van der Waals surface area contributed by atoms with Gasteiger partial charge >= 0.3 is 0 Å². The molecule has 3 aromatic rings. The minimum absolute atomic E-state index is 0.0771. The second-order valence-electron chi connectivity index (χ2n) is 5.63. The van der Waals surface area contributed by atoms with Crippen molar-refractivity contribution in [2.75, 3.05) is 11.1 Å². The number of nitrogens with zero attached hydrogens (tertiary/aromatic N) is 4. The van der Waals surface area contributed by atoms with Crippen molar-refractivity contribution >= 4 is 23.4 Å². The first-order valence-corrected chi connectivity index (χ1v) is 8.78. The van der Waals surface area contributed by atoms with Gasteiger partial charge in [0.25, 0.3) is 5.56 Å². The van der Waals surface area contributed by atoms with Crippen LogP contribution in [-0.4, -0.2) is 30.8 Å². The summed E-state index contributed by atoms with van der Waals surface area (Å²) in [7, 11) is 0. The van der Waals surface area contributed by atoms with Gasteiger partial charge in [0.1, 0.15) is 6.54 Å². The van der Waals surface area contributed by atoms with Gasteiger partial charge in [-0.2, -0.15) is 0 Å². The van der Waals surface area contributed by atoms with E-state index in [1.807, 2.05) is 30.5 Å². The summed E-state index contributed by atoms with van der Waals surface area (Å²) in [5.74, 6) is 0.780. The quantitative estimate of drug-likeness (QED) is 0.774. The zero-order valence-electron chi connectivity index (χ0n) is 13.3. The number of aryl methyl sites for hydroxylation is 1. The lowest BCUT2D eigenvalue weighted by Gasteiger charge is -2.08. The lowest BCUT2D eigenvalue weighted by molar-refractivity contribution is -0.116. The van der Waals surface area contributed by atoms with Gasteiger partial charge < -0.3 is 9.88 Å². The molecule has 3 heterocycles. The fourth-order valence-electron chi connectivity index (χ4n) is 2.66. The summed E-state index contributed by atoms with van der Waals surface area (Å²) in [6.45, 7) is 0.898. The highest BCUT2D eigenvalue weighted by atomic mass is 32.2. The standard InChI is InChI=1S/C17H15N5O2S/c23-15(10-22-11-18-5-4-16(22)24)19-13-3-1-2-12(8-13)14-9-21-6-7-25-17(21)20-14/h1-5,8-9,11H,6-7,10H2,(H,19,23). The van der Waals surface area contributed by atoms with E-state index in [9.17, 15) is 9.59 Å². The maximum absolute atomic E-state index is 12.2. The van der Waals surface area contributed by atoms with Crippen molar-refractivity contribution < 1.29 is 4.79 Å². The molecular formula is C17H15N5O2S. The number of carbonyl (C=O) groups is 1. The van der Waals surface area contributed by atoms with E-state index >= 15 is 0 Å². The van der Waals surface area contributed by atoms with Gasteiger partial charge in [0.2, 0.25) is 5.91 Å². The zero-order chi connectivity index (χ0) is 17.2. The zero-order valence-corrected chi connectivity index (χ0v) is 14.1. The molecule has 1 N–H and O–H groups in total. The maximum atomic E-state index is 12.2. The van der Waals surface area contributed by atoms with E-state index in [2.05, 4.69) is 19.9 Å². The third-order valence-corrected chi connectivity index (χ3v) is 4.82. The molecule has 126 valence electrons. The second kappa shape index (κ2) is 6.56. The second-order valence-corrected chi connectivity index (χ2v) is 6.69. The molecule has 0 atom stereocenters. The molecule has 0 bridgehead atoms. The summed E-state index contributed by atoms with van der Waals surface area (Å²) < 4.78 is 3.40. The number of anilines is 1. The number of aromatic nitrogens is 4. The molecule has 0 radical (unpaired) electrons. The maximum Gasteiger partial charge on any atom is 0.253 e. The lowest BCUT2D eigenvalue weighted by atomic mass is 10.1. The lowest BCUT2D eigenvalue weighted by Crippen LogP contribution is -2.26. The Morgan fingerprint density at radius 2 is 2.24 bits per heavy atom. The number of imidazole rings is 1. The van der Waals surface area contributed by atoms with Gasteiger partial charge in [-0.25, -0.2) is 9.97 Å². The Bertz CT molecular complexity index is 973. The summed E-state index contributed by atoms with van der Waals surface area (Å²) in [5.41, 5.74) is 2.24. The molecule has 0 unspecified atom stereocenters. The third kappa shape index (κ3) is 3.34. The van der Waals surface area contributed by atoms with E-state index < -0.39 is 0 Å². The van der Waals surface area contributed by atoms with Crippen LogP contribution in [0.5, 0.6) is 0 Å². The van der Waals surface area contributed by atoms with Crippen molar-refractivity contribution in [2.24, 2.45) is 0 Å². The predicted molar refractivity (Wildman–Crippen MR) is 95.5 cm³/mol. The Morgan fingerprint density at radius 3 is 3.08 bits per heavy atom. The Labute approximate surface area is 147 Å². The van der Waals surface area contributed by atoms with Crippen LogP contribution in [0.3, 0.4) is 0 Å². The van der Waals surface area contributed by atoms with Crippen molar-refractivity contribution in [2.45, 2.75) is 18.2 Å². The van der Waals surface area contributed by atoms with Crippen LogP contribution in [0.2, 0.25) is 0 Å². The Kier molecular flexibility index (Phi) is 4.10. The average Bonchev–Trinajstić information content (AvgIpc) is 3.19. The van der Waals surface area contributed by atoms with Gasteiger partial charge in [0, 0.05) is 42.0 Å². The van der Waals surface area contributed by atoms with Gasteiger partial charge in [0.15, 0.2) is 5.16 Å². The van der Waals surface area contributed by atoms with Crippen molar-refractivity contribution in [1.29, 1.82) is 0 Å². The first kappa shape index (κ1) is 15.6. The molecule has 0 spiro atoms. The van der Waals surface area contributed by atoms with Crippen molar-refractivity contribution in [3.05, 3.63) is 59.4 Å². The molecular weight excluding hydrogens is 338 g/mol. The molecule has 25 heavy (non-hydrogen) atoms. The van der Waals surface area contributed by atoms with E-state index in [1.165, 1.54) is 23.2 Å². The molecule has 0 saturated carbocycles. The van der Waals surface area contributed by atoms with Crippen molar-refractivity contribution in [1.82, 2.24) is 19.1 Å². The number of hydrogen-bond donors (Lipinski definition) is 1. The van der Waals surface area contributed by atoms with Gasteiger partial charge in [-0.1, -0.05) is 23.9 Å². The predicted octanol–water partition coefficient (Wildman–Crippen LogP) is 1.85. The van der Waals surface area contributed by atoms with Gasteiger partial charge in [0.05, 0.1) is 12.0 Å². The molecule has 7 nitrogen and oxygen atoms in total. The smallest absolute Gasteiger partial charge is 0.253 e. The highest BCUT2D eigenvalue weighted by molar-refractivity contribution is 7.99. The SMILES string of the molecule is O=C(Cn1cnccc1=O)Nc1cccc(-c2cn3c(n2)SCC3)c1. The van der Waals surface area contributed by atoms with Gasteiger partial charge in [-0.15, -0.1) is 0 Å². The number of carbonyl (C=O) groups excluding carboxylic acids is 1. The van der Waals surface area contributed by atoms with E-state index in [0.29, 0.717) is 5.69 Å². The largest absolute Gasteiger partial charge is 0.325 e. The number of amides is 1. The van der Waals surface area contributed by atoms with Crippen LogP contribution in [0.15, 0.2) is 59.0 Å². The number of benzene rings is 1. The summed E-state index contributed by atoms with van der Waals surface area (Å²) in [6, 6.07) is 8.85. The molecule has 0 aliphatic carbocycles. The Hall–Kier alpha value is -2.87. The average molecular weight is 353 g/mol. The Balaban J connectivity index is 1.50. The molecule has 0 fully saturated rings. The summed E-state index contributed by atoms with van der Waals surface area (Å²) in [6.07, 6.45) is 4.79. The monoisotopic (exact) mass is 353 g/mol. The molecule has 1 aliphatic heterocycles. The van der Waals surface area contributed by atoms with Gasteiger partial charge in [-0.3, -0.25) is 14.2 Å². The fourth-order valence-corrected chi connectivity index (χ4v) is 3.60. The topological polar surface area (TPSA) is 81.8 Å². The highest BCUT2D eigenvalue weighted by Crippen LogP contribution is 2.29. The van der Waals surface area contributed by atoms with E-state index in [1.54, 1.807) is 11.8 Å². The van der Waals surface area contributed by atoms with E-state index in [-0.39, 0.29) is 18.0 Å². The third-order valence-electron chi connectivity index (χ3n) is 3.85. The number of thioether (sulfide) groups is 1. The minimum atomic E-state index is -0.282. The van der Waals surface area contributed by atoms with Crippen LogP contribution in [-0.2, 0) is 17.9 Å². The number of fused-ring (bicyclic) bond motifs is 1. The minimum Gasteiger partial charge on any atom is -0.325 e. The first-order chi connectivity index (χ1) is 12.2.